The van der Waals surface area contributed by atoms with Gasteiger partial charge in [-0.1, -0.05) is 60.0 Å². The first-order valence-electron chi connectivity index (χ1n) is 11.5. The van der Waals surface area contributed by atoms with Crippen LogP contribution in [0.5, 0.6) is 23.0 Å². The lowest BCUT2D eigenvalue weighted by atomic mass is 10.2. The summed E-state index contributed by atoms with van der Waals surface area (Å²) in [5, 5.41) is 37.1. The average molecular weight is 536 g/mol. The van der Waals surface area contributed by atoms with E-state index >= 15 is 0 Å². The fraction of sp³-hybridized carbons (Fsp3) is 0.346. The van der Waals surface area contributed by atoms with Crippen LogP contribution in [0.2, 0.25) is 0 Å². The van der Waals surface area contributed by atoms with Crippen LogP contribution in [0, 0.1) is 6.42 Å². The predicted octanol–water partition coefficient (Wildman–Crippen LogP) is 3.08. The number of ether oxygens (including phenoxy) is 4. The molecule has 2 aromatic carbocycles. The Bertz CT molecular complexity index is 932. The summed E-state index contributed by atoms with van der Waals surface area (Å²) in [4.78, 5) is 1.57. The van der Waals surface area contributed by atoms with E-state index in [4.69, 9.17) is 18.9 Å². The van der Waals surface area contributed by atoms with Crippen molar-refractivity contribution >= 4 is 23.5 Å². The molecule has 1 aliphatic carbocycles. The zero-order valence-corrected chi connectivity index (χ0v) is 21.4. The average Bonchev–Trinajstić information content (AvgIpc) is 2.90. The zero-order valence-electron chi connectivity index (χ0n) is 19.7. The SMILES string of the molecule is OCCOc1cccc(SC2(Sc3cccc(OCCO)c3OCCO)C=C[CH]C=C2)c1OCCO. The molecule has 1 aliphatic rings. The van der Waals surface area contributed by atoms with Crippen molar-refractivity contribution in [2.24, 2.45) is 0 Å². The topological polar surface area (TPSA) is 118 Å². The van der Waals surface area contributed by atoms with Crippen molar-refractivity contribution in [3.05, 3.63) is 67.1 Å². The molecule has 0 aliphatic heterocycles. The minimum Gasteiger partial charge on any atom is -0.487 e. The molecule has 0 heterocycles. The predicted molar refractivity (Wildman–Crippen MR) is 140 cm³/mol. The van der Waals surface area contributed by atoms with Crippen LogP contribution < -0.4 is 18.9 Å². The second-order valence-electron chi connectivity index (χ2n) is 7.29. The largest absolute Gasteiger partial charge is 0.487 e. The number of hydrogen-bond acceptors (Lipinski definition) is 10. The van der Waals surface area contributed by atoms with Crippen molar-refractivity contribution in [3.63, 3.8) is 0 Å². The highest BCUT2D eigenvalue weighted by Gasteiger charge is 2.32. The van der Waals surface area contributed by atoms with E-state index in [0.717, 1.165) is 9.79 Å². The Morgan fingerprint density at radius 3 is 1.42 bits per heavy atom. The van der Waals surface area contributed by atoms with E-state index in [1.54, 1.807) is 12.1 Å². The van der Waals surface area contributed by atoms with E-state index in [9.17, 15) is 20.4 Å². The number of hydrogen-bond donors (Lipinski definition) is 4. The number of thioether (sulfide) groups is 2. The van der Waals surface area contributed by atoms with Gasteiger partial charge in [0.1, 0.15) is 30.5 Å². The van der Waals surface area contributed by atoms with Crippen molar-refractivity contribution in [1.29, 1.82) is 0 Å². The van der Waals surface area contributed by atoms with Crippen molar-refractivity contribution in [1.82, 2.24) is 0 Å². The molecule has 0 atom stereocenters. The van der Waals surface area contributed by atoms with Crippen molar-refractivity contribution < 1.29 is 39.4 Å². The molecule has 0 spiro atoms. The molecule has 0 saturated carbocycles. The molecule has 0 fully saturated rings. The molecule has 36 heavy (non-hydrogen) atoms. The summed E-state index contributed by atoms with van der Waals surface area (Å²) in [6.07, 6.45) is 9.96. The van der Waals surface area contributed by atoms with Crippen LogP contribution in [0.25, 0.3) is 0 Å². The van der Waals surface area contributed by atoms with E-state index in [-0.39, 0.29) is 52.9 Å². The van der Waals surface area contributed by atoms with Gasteiger partial charge in [0.15, 0.2) is 23.0 Å². The molecule has 0 saturated heterocycles. The molecule has 10 heteroatoms. The molecule has 1 radical (unpaired) electrons. The van der Waals surface area contributed by atoms with E-state index in [0.29, 0.717) is 23.0 Å². The van der Waals surface area contributed by atoms with Gasteiger partial charge in [0.2, 0.25) is 0 Å². The Morgan fingerprint density at radius 2 is 1.00 bits per heavy atom. The van der Waals surface area contributed by atoms with Gasteiger partial charge in [-0.25, -0.2) is 0 Å². The van der Waals surface area contributed by atoms with Gasteiger partial charge < -0.3 is 39.4 Å². The molecule has 0 unspecified atom stereocenters. The fourth-order valence-corrected chi connectivity index (χ4v) is 6.05. The van der Waals surface area contributed by atoms with Crippen LogP contribution in [-0.2, 0) is 0 Å². The normalized spacial score (nSPS) is 14.0. The highest BCUT2D eigenvalue weighted by atomic mass is 32.2. The number of aliphatic hydroxyl groups excluding tert-OH is 4. The first-order valence-corrected chi connectivity index (χ1v) is 13.1. The summed E-state index contributed by atoms with van der Waals surface area (Å²) in [6.45, 7) is -0.161. The van der Waals surface area contributed by atoms with Crippen molar-refractivity contribution in [2.45, 2.75) is 13.9 Å². The van der Waals surface area contributed by atoms with E-state index in [1.165, 1.54) is 23.5 Å². The standard InChI is InChI=1S/C26H31O8S2/c27-12-16-31-20-6-4-8-22(24(20)33-18-14-29)35-26(10-2-1-3-11-26)36-23-9-5-7-21(32-17-13-28)25(23)34-19-15-30/h1-11,27-30H,12-19H2. The van der Waals surface area contributed by atoms with Gasteiger partial charge in [-0.15, -0.1) is 0 Å². The van der Waals surface area contributed by atoms with Gasteiger partial charge in [-0.05, 0) is 24.3 Å². The second kappa shape index (κ2) is 15.0. The molecule has 195 valence electrons. The van der Waals surface area contributed by atoms with Crippen LogP contribution in [-0.4, -0.2) is 77.4 Å². The quantitative estimate of drug-likeness (QED) is 0.239. The van der Waals surface area contributed by atoms with Gasteiger partial charge in [0.25, 0.3) is 0 Å². The van der Waals surface area contributed by atoms with Crippen molar-refractivity contribution in [2.75, 3.05) is 52.9 Å². The lowest BCUT2D eigenvalue weighted by Gasteiger charge is -2.30. The molecular formula is C26H31O8S2. The molecule has 0 aromatic heterocycles. The molecule has 0 amide bonds. The third-order valence-electron chi connectivity index (χ3n) is 4.68. The smallest absolute Gasteiger partial charge is 0.174 e. The maximum Gasteiger partial charge on any atom is 0.174 e. The maximum atomic E-state index is 9.34. The molecule has 0 bridgehead atoms. The van der Waals surface area contributed by atoms with E-state index < -0.39 is 4.08 Å². The van der Waals surface area contributed by atoms with Gasteiger partial charge in [-0.3, -0.25) is 0 Å². The Morgan fingerprint density at radius 1 is 0.583 bits per heavy atom. The number of aliphatic hydroxyl groups is 4. The lowest BCUT2D eigenvalue weighted by molar-refractivity contribution is 0.176. The van der Waals surface area contributed by atoms with Gasteiger partial charge >= 0.3 is 0 Å². The van der Waals surface area contributed by atoms with Crippen LogP contribution in [0.4, 0.5) is 0 Å². The Labute approximate surface area is 219 Å². The second-order valence-corrected chi connectivity index (χ2v) is 10.2. The summed E-state index contributed by atoms with van der Waals surface area (Å²) in [5.74, 6) is 1.92. The van der Waals surface area contributed by atoms with Gasteiger partial charge in [0.05, 0.1) is 36.2 Å². The number of allylic oxidation sites excluding steroid dienone is 2. The molecule has 4 N–H and O–H groups in total. The number of rotatable bonds is 16. The molecule has 3 rings (SSSR count). The Hall–Kier alpha value is -2.34. The number of para-hydroxylation sites is 2. The fourth-order valence-electron chi connectivity index (χ4n) is 3.27. The lowest BCUT2D eigenvalue weighted by Crippen LogP contribution is -2.17. The minimum absolute atomic E-state index is 0.0933. The summed E-state index contributed by atoms with van der Waals surface area (Å²) < 4.78 is 22.5. The number of benzene rings is 2. The molecular weight excluding hydrogens is 504 g/mol. The van der Waals surface area contributed by atoms with Crippen LogP contribution in [0.3, 0.4) is 0 Å². The van der Waals surface area contributed by atoms with Crippen molar-refractivity contribution in [3.8, 4) is 23.0 Å². The molecule has 2 aromatic rings. The van der Waals surface area contributed by atoms with E-state index in [2.05, 4.69) is 12.2 Å². The monoisotopic (exact) mass is 535 g/mol. The third kappa shape index (κ3) is 7.83. The molecule has 8 nitrogen and oxygen atoms in total. The summed E-state index contributed by atoms with van der Waals surface area (Å²) in [7, 11) is 0. The maximum absolute atomic E-state index is 9.34. The van der Waals surface area contributed by atoms with E-state index in [1.807, 2.05) is 42.8 Å². The summed E-state index contributed by atoms with van der Waals surface area (Å²) in [5.41, 5.74) is 0. The Balaban J connectivity index is 1.99. The Kier molecular flexibility index (Phi) is 11.8. The first kappa shape index (κ1) is 28.2. The summed E-state index contributed by atoms with van der Waals surface area (Å²) >= 11 is 3.04. The van der Waals surface area contributed by atoms with Crippen LogP contribution in [0.15, 0.2) is 70.5 Å². The highest BCUT2D eigenvalue weighted by molar-refractivity contribution is 8.18. The highest BCUT2D eigenvalue weighted by Crippen LogP contribution is 2.55. The minimum atomic E-state index is -0.616. The first-order chi connectivity index (χ1) is 17.7. The zero-order chi connectivity index (χ0) is 25.6. The third-order valence-corrected chi connectivity index (χ3v) is 7.44. The van der Waals surface area contributed by atoms with Crippen LogP contribution >= 0.6 is 23.5 Å². The van der Waals surface area contributed by atoms with Gasteiger partial charge in [0, 0.05) is 6.42 Å². The van der Waals surface area contributed by atoms with Crippen LogP contribution in [0.1, 0.15) is 0 Å². The summed E-state index contributed by atoms with van der Waals surface area (Å²) in [6, 6.07) is 11.0. The van der Waals surface area contributed by atoms with Gasteiger partial charge in [-0.2, -0.15) is 0 Å².